The molecule has 0 saturated carbocycles. The lowest BCUT2D eigenvalue weighted by Crippen LogP contribution is -2.54. The summed E-state index contributed by atoms with van der Waals surface area (Å²) in [5.41, 5.74) is 0.369. The largest absolute Gasteiger partial charge is 0.491 e. The Kier molecular flexibility index (Phi) is 5.67. The summed E-state index contributed by atoms with van der Waals surface area (Å²) in [4.78, 5) is 12.9. The van der Waals surface area contributed by atoms with Crippen LogP contribution in [0.3, 0.4) is 0 Å². The van der Waals surface area contributed by atoms with E-state index in [1.807, 2.05) is 36.5 Å². The molecule has 1 aliphatic rings. The van der Waals surface area contributed by atoms with Gasteiger partial charge >= 0.3 is 0 Å². The maximum Gasteiger partial charge on any atom is 0.248 e. The number of benzene rings is 1. The van der Waals surface area contributed by atoms with Crippen LogP contribution in [0.5, 0.6) is 5.75 Å². The number of nitrogens with one attached hydrogen (secondary N) is 2. The molecule has 1 aromatic heterocycles. The molecule has 3 N–H and O–H groups in total. The average Bonchev–Trinajstić information content (AvgIpc) is 3.21. The van der Waals surface area contributed by atoms with Gasteiger partial charge in [-0.2, -0.15) is 5.10 Å². The third-order valence-electron chi connectivity index (χ3n) is 4.53. The maximum atomic E-state index is 12.9. The minimum absolute atomic E-state index is 0.00157. The van der Waals surface area contributed by atoms with Gasteiger partial charge in [-0.3, -0.25) is 9.48 Å². The van der Waals surface area contributed by atoms with E-state index >= 15 is 0 Å². The smallest absolute Gasteiger partial charge is 0.248 e. The van der Waals surface area contributed by atoms with Crippen molar-refractivity contribution in [1.29, 1.82) is 0 Å². The molecule has 0 radical (unpaired) electrons. The maximum absolute atomic E-state index is 12.9. The number of aliphatic hydroxyl groups is 1. The van der Waals surface area contributed by atoms with Crippen LogP contribution in [-0.2, 0) is 16.9 Å². The van der Waals surface area contributed by atoms with Crippen molar-refractivity contribution in [2.24, 2.45) is 0 Å². The molecule has 2 aromatic rings. The molecular weight excluding hydrogens is 320 g/mol. The lowest BCUT2D eigenvalue weighted by molar-refractivity contribution is -0.132. The molecule has 3 rings (SSSR count). The molecule has 1 fully saturated rings. The molecule has 0 atom stereocenters. The van der Waals surface area contributed by atoms with Crippen LogP contribution in [0.15, 0.2) is 42.7 Å². The first-order valence-corrected chi connectivity index (χ1v) is 8.56. The van der Waals surface area contributed by atoms with Gasteiger partial charge in [-0.15, -0.1) is 0 Å². The van der Waals surface area contributed by atoms with Gasteiger partial charge in [-0.05, 0) is 49.7 Å². The summed E-state index contributed by atoms with van der Waals surface area (Å²) in [6, 6.07) is 9.35. The summed E-state index contributed by atoms with van der Waals surface area (Å²) >= 11 is 0. The van der Waals surface area contributed by atoms with Gasteiger partial charge in [0.05, 0.1) is 6.61 Å². The predicted octanol–water partition coefficient (Wildman–Crippen LogP) is 0.649. The molecule has 1 amide bonds. The van der Waals surface area contributed by atoms with Crippen molar-refractivity contribution in [1.82, 2.24) is 20.4 Å². The van der Waals surface area contributed by atoms with E-state index in [-0.39, 0.29) is 19.1 Å². The topological polar surface area (TPSA) is 88.4 Å². The molecule has 7 nitrogen and oxygen atoms in total. The highest BCUT2D eigenvalue weighted by Gasteiger charge is 2.41. The molecule has 1 aliphatic heterocycles. The van der Waals surface area contributed by atoms with Crippen molar-refractivity contribution in [3.05, 3.63) is 48.3 Å². The number of carbonyl (C=O) groups excluding carboxylic acids is 1. The number of nitrogens with zero attached hydrogens (tertiary/aromatic N) is 2. The molecule has 25 heavy (non-hydrogen) atoms. The molecule has 0 unspecified atom stereocenters. The third kappa shape index (κ3) is 4.00. The number of piperidine rings is 1. The number of amides is 1. The second-order valence-corrected chi connectivity index (χ2v) is 6.13. The highest BCUT2D eigenvalue weighted by atomic mass is 16.5. The Labute approximate surface area is 147 Å². The lowest BCUT2D eigenvalue weighted by atomic mass is 9.87. The van der Waals surface area contributed by atoms with Crippen LogP contribution in [0, 0.1) is 0 Å². The SMILES string of the molecule is O=C(NCc1ccc(OCCO)cc1)C1(n2cccn2)CCNCC1. The Morgan fingerprint density at radius 3 is 2.72 bits per heavy atom. The highest BCUT2D eigenvalue weighted by Crippen LogP contribution is 2.27. The fraction of sp³-hybridized carbons (Fsp3) is 0.444. The second-order valence-electron chi connectivity index (χ2n) is 6.13. The van der Waals surface area contributed by atoms with Crippen molar-refractivity contribution in [2.75, 3.05) is 26.3 Å². The van der Waals surface area contributed by atoms with Crippen molar-refractivity contribution >= 4 is 5.91 Å². The molecule has 0 spiro atoms. The van der Waals surface area contributed by atoms with Crippen molar-refractivity contribution in [3.63, 3.8) is 0 Å². The first kappa shape index (κ1) is 17.4. The molecular formula is C18H24N4O3. The minimum Gasteiger partial charge on any atom is -0.491 e. The van der Waals surface area contributed by atoms with Crippen molar-refractivity contribution in [3.8, 4) is 5.75 Å². The van der Waals surface area contributed by atoms with E-state index in [9.17, 15) is 4.79 Å². The normalized spacial score (nSPS) is 16.4. The van der Waals surface area contributed by atoms with E-state index in [0.29, 0.717) is 25.1 Å². The van der Waals surface area contributed by atoms with Crippen LogP contribution in [0.2, 0.25) is 0 Å². The van der Waals surface area contributed by atoms with Gasteiger partial charge in [0, 0.05) is 18.9 Å². The number of carbonyl (C=O) groups is 1. The number of rotatable bonds is 7. The van der Waals surface area contributed by atoms with Crippen LogP contribution < -0.4 is 15.4 Å². The zero-order chi connectivity index (χ0) is 17.5. The van der Waals surface area contributed by atoms with Crippen LogP contribution in [0.1, 0.15) is 18.4 Å². The van der Waals surface area contributed by atoms with E-state index in [4.69, 9.17) is 9.84 Å². The van der Waals surface area contributed by atoms with E-state index < -0.39 is 5.54 Å². The first-order chi connectivity index (χ1) is 12.2. The van der Waals surface area contributed by atoms with Gasteiger partial charge in [-0.1, -0.05) is 12.1 Å². The van der Waals surface area contributed by atoms with Gasteiger partial charge in [0.2, 0.25) is 5.91 Å². The molecule has 2 heterocycles. The summed E-state index contributed by atoms with van der Waals surface area (Å²) in [5, 5.41) is 19.4. The number of aromatic nitrogens is 2. The Balaban J connectivity index is 1.64. The fourth-order valence-electron chi connectivity index (χ4n) is 3.14. The van der Waals surface area contributed by atoms with Crippen molar-refractivity contribution < 1.29 is 14.6 Å². The summed E-state index contributed by atoms with van der Waals surface area (Å²) in [7, 11) is 0. The summed E-state index contributed by atoms with van der Waals surface area (Å²) in [5.74, 6) is 0.703. The van der Waals surface area contributed by atoms with Crippen molar-refractivity contribution in [2.45, 2.75) is 24.9 Å². The molecule has 1 saturated heterocycles. The van der Waals surface area contributed by atoms with Crippen LogP contribution in [0.25, 0.3) is 0 Å². The van der Waals surface area contributed by atoms with Crippen LogP contribution in [0.4, 0.5) is 0 Å². The lowest BCUT2D eigenvalue weighted by Gasteiger charge is -2.36. The van der Waals surface area contributed by atoms with Crippen LogP contribution in [-0.4, -0.2) is 47.1 Å². The predicted molar refractivity (Wildman–Crippen MR) is 93.2 cm³/mol. The Bertz CT molecular complexity index is 664. The highest BCUT2D eigenvalue weighted by molar-refractivity contribution is 5.84. The van der Waals surface area contributed by atoms with Crippen LogP contribution >= 0.6 is 0 Å². The minimum atomic E-state index is -0.626. The summed E-state index contributed by atoms with van der Waals surface area (Å²) in [6.45, 7) is 2.31. The fourth-order valence-corrected chi connectivity index (χ4v) is 3.14. The molecule has 7 heteroatoms. The van der Waals surface area contributed by atoms with Gasteiger partial charge in [0.15, 0.2) is 0 Å². The van der Waals surface area contributed by atoms with E-state index in [1.165, 1.54) is 0 Å². The zero-order valence-corrected chi connectivity index (χ0v) is 14.1. The molecule has 134 valence electrons. The van der Waals surface area contributed by atoms with Gasteiger partial charge in [0.1, 0.15) is 17.9 Å². The standard InChI is InChI=1S/C18H24N4O3/c23-12-13-25-16-4-2-15(3-5-16)14-20-17(24)18(6-9-19-10-7-18)22-11-1-8-21-22/h1-5,8,11,19,23H,6-7,9-10,12-14H2,(H,20,24). The quantitative estimate of drug-likeness (QED) is 0.686. The Morgan fingerprint density at radius 2 is 2.08 bits per heavy atom. The molecule has 0 bridgehead atoms. The number of ether oxygens (including phenoxy) is 1. The zero-order valence-electron chi connectivity index (χ0n) is 14.1. The Morgan fingerprint density at radius 1 is 1.32 bits per heavy atom. The first-order valence-electron chi connectivity index (χ1n) is 8.56. The molecule has 0 aliphatic carbocycles. The van der Waals surface area contributed by atoms with E-state index in [1.54, 1.807) is 10.9 Å². The Hall–Kier alpha value is -2.38. The van der Waals surface area contributed by atoms with E-state index in [2.05, 4.69) is 15.7 Å². The van der Waals surface area contributed by atoms with Gasteiger partial charge in [-0.25, -0.2) is 0 Å². The number of hydrogen-bond acceptors (Lipinski definition) is 5. The average molecular weight is 344 g/mol. The third-order valence-corrected chi connectivity index (χ3v) is 4.53. The summed E-state index contributed by atoms with van der Waals surface area (Å²) in [6.07, 6.45) is 5.00. The number of aliphatic hydroxyl groups excluding tert-OH is 1. The van der Waals surface area contributed by atoms with E-state index in [0.717, 1.165) is 18.7 Å². The monoisotopic (exact) mass is 344 g/mol. The molecule has 1 aromatic carbocycles. The number of hydrogen-bond donors (Lipinski definition) is 3. The summed E-state index contributed by atoms with van der Waals surface area (Å²) < 4.78 is 7.13. The second kappa shape index (κ2) is 8.13. The van der Waals surface area contributed by atoms with Gasteiger partial charge in [0.25, 0.3) is 0 Å². The van der Waals surface area contributed by atoms with Gasteiger partial charge < -0.3 is 20.5 Å².